The number of amides is 2. The molecule has 6 heteroatoms. The molecule has 3 rings (SSSR count). The number of ether oxygens (including phenoxy) is 1. The Kier molecular flexibility index (Phi) is 5.88. The molecule has 0 bridgehead atoms. The molecule has 138 valence electrons. The number of carbonyl (C=O) groups is 2. The summed E-state index contributed by atoms with van der Waals surface area (Å²) in [5.74, 6) is 0.274. The molecule has 0 spiro atoms. The summed E-state index contributed by atoms with van der Waals surface area (Å²) < 4.78 is 5.14. The van der Waals surface area contributed by atoms with E-state index in [9.17, 15) is 9.59 Å². The third-order valence-electron chi connectivity index (χ3n) is 4.14. The van der Waals surface area contributed by atoms with Gasteiger partial charge in [-0.05, 0) is 53.9 Å². The van der Waals surface area contributed by atoms with Gasteiger partial charge in [-0.1, -0.05) is 24.3 Å². The molecule has 0 saturated carbocycles. The number of thiophene rings is 1. The second-order valence-corrected chi connectivity index (χ2v) is 7.04. The van der Waals surface area contributed by atoms with E-state index in [0.29, 0.717) is 17.0 Å². The first kappa shape index (κ1) is 18.7. The zero-order valence-corrected chi connectivity index (χ0v) is 15.7. The van der Waals surface area contributed by atoms with Crippen LogP contribution in [0.25, 0.3) is 10.4 Å². The Morgan fingerprint density at radius 3 is 2.33 bits per heavy atom. The number of nitrogens with one attached hydrogen (secondary N) is 1. The lowest BCUT2D eigenvalue weighted by Crippen LogP contribution is -2.24. The van der Waals surface area contributed by atoms with E-state index >= 15 is 0 Å². The smallest absolute Gasteiger partial charge is 0.261 e. The first-order valence-electron chi connectivity index (χ1n) is 8.48. The number of primary amides is 1. The van der Waals surface area contributed by atoms with Crippen molar-refractivity contribution >= 4 is 23.2 Å². The number of methoxy groups -OCH3 is 1. The van der Waals surface area contributed by atoms with Gasteiger partial charge >= 0.3 is 0 Å². The van der Waals surface area contributed by atoms with Gasteiger partial charge in [0.15, 0.2) is 0 Å². The average molecular weight is 380 g/mol. The van der Waals surface area contributed by atoms with Crippen molar-refractivity contribution in [2.75, 3.05) is 13.7 Å². The quantitative estimate of drug-likeness (QED) is 0.658. The Labute approximate surface area is 161 Å². The molecular weight excluding hydrogens is 360 g/mol. The van der Waals surface area contributed by atoms with Crippen molar-refractivity contribution in [3.63, 3.8) is 0 Å². The second kappa shape index (κ2) is 8.51. The summed E-state index contributed by atoms with van der Waals surface area (Å²) in [6.45, 7) is 0.561. The van der Waals surface area contributed by atoms with Crippen LogP contribution in [0.2, 0.25) is 0 Å². The molecule has 1 aromatic heterocycles. The largest absolute Gasteiger partial charge is 0.497 e. The van der Waals surface area contributed by atoms with E-state index < -0.39 is 5.91 Å². The molecule has 2 amide bonds. The van der Waals surface area contributed by atoms with Gasteiger partial charge in [-0.15, -0.1) is 11.3 Å². The molecule has 0 aliphatic rings. The summed E-state index contributed by atoms with van der Waals surface area (Å²) in [7, 11) is 1.64. The van der Waals surface area contributed by atoms with Gasteiger partial charge in [-0.2, -0.15) is 0 Å². The fraction of sp³-hybridized carbons (Fsp3) is 0.143. The highest BCUT2D eigenvalue weighted by Crippen LogP contribution is 2.28. The number of benzene rings is 2. The van der Waals surface area contributed by atoms with Crippen LogP contribution in [0.4, 0.5) is 0 Å². The van der Waals surface area contributed by atoms with Gasteiger partial charge in [0.2, 0.25) is 5.91 Å². The topological polar surface area (TPSA) is 81.4 Å². The zero-order chi connectivity index (χ0) is 19.2. The molecule has 0 radical (unpaired) electrons. The molecular formula is C21H20N2O3S. The van der Waals surface area contributed by atoms with Crippen molar-refractivity contribution in [3.05, 3.63) is 76.7 Å². The lowest BCUT2D eigenvalue weighted by Gasteiger charge is -2.05. The van der Waals surface area contributed by atoms with Crippen LogP contribution in [0.3, 0.4) is 0 Å². The minimum atomic E-state index is -0.454. The molecule has 3 aromatic rings. The van der Waals surface area contributed by atoms with Crippen LogP contribution in [0.15, 0.2) is 60.7 Å². The van der Waals surface area contributed by atoms with Crippen LogP contribution in [0, 0.1) is 0 Å². The zero-order valence-electron chi connectivity index (χ0n) is 14.9. The lowest BCUT2D eigenvalue weighted by atomic mass is 10.1. The predicted octanol–water partition coefficient (Wildman–Crippen LogP) is 3.50. The van der Waals surface area contributed by atoms with Gasteiger partial charge < -0.3 is 15.8 Å². The fourth-order valence-corrected chi connectivity index (χ4v) is 3.54. The Morgan fingerprint density at radius 2 is 1.70 bits per heavy atom. The Hall–Kier alpha value is -3.12. The summed E-state index contributed by atoms with van der Waals surface area (Å²) in [6, 6.07) is 18.5. The van der Waals surface area contributed by atoms with Crippen molar-refractivity contribution in [1.82, 2.24) is 5.32 Å². The van der Waals surface area contributed by atoms with Crippen LogP contribution in [-0.2, 0) is 6.42 Å². The van der Waals surface area contributed by atoms with Crippen LogP contribution in [-0.4, -0.2) is 25.5 Å². The van der Waals surface area contributed by atoms with E-state index in [4.69, 9.17) is 10.5 Å². The van der Waals surface area contributed by atoms with Gasteiger partial charge in [0.25, 0.3) is 5.91 Å². The van der Waals surface area contributed by atoms with Crippen molar-refractivity contribution in [2.45, 2.75) is 6.42 Å². The van der Waals surface area contributed by atoms with Gasteiger partial charge in [-0.25, -0.2) is 0 Å². The molecule has 2 aromatic carbocycles. The standard InChI is InChI=1S/C21H20N2O3S/c1-26-17-8-2-14(3-9-17)12-13-23-21(25)19-11-10-18(27-19)15-4-6-16(7-5-15)20(22)24/h2-11H,12-13H2,1H3,(H2,22,24)(H,23,25). The molecule has 0 unspecified atom stereocenters. The first-order chi connectivity index (χ1) is 13.1. The maximum Gasteiger partial charge on any atom is 0.261 e. The minimum absolute atomic E-state index is 0.0893. The van der Waals surface area contributed by atoms with Crippen molar-refractivity contribution < 1.29 is 14.3 Å². The number of rotatable bonds is 7. The molecule has 0 aliphatic heterocycles. The monoisotopic (exact) mass is 380 g/mol. The third kappa shape index (κ3) is 4.74. The summed E-state index contributed by atoms with van der Waals surface area (Å²) in [5, 5.41) is 2.94. The number of carbonyl (C=O) groups excluding carboxylic acids is 2. The van der Waals surface area contributed by atoms with E-state index in [1.54, 1.807) is 19.2 Å². The normalized spacial score (nSPS) is 10.4. The Morgan fingerprint density at radius 1 is 1.00 bits per heavy atom. The highest BCUT2D eigenvalue weighted by atomic mass is 32.1. The Balaban J connectivity index is 1.56. The van der Waals surface area contributed by atoms with Crippen molar-refractivity contribution in [1.29, 1.82) is 0 Å². The van der Waals surface area contributed by atoms with Crippen molar-refractivity contribution in [2.24, 2.45) is 5.73 Å². The van der Waals surface area contributed by atoms with Crippen LogP contribution in [0.1, 0.15) is 25.6 Å². The summed E-state index contributed by atoms with van der Waals surface area (Å²) in [5.41, 5.74) is 7.80. The summed E-state index contributed by atoms with van der Waals surface area (Å²) >= 11 is 1.41. The SMILES string of the molecule is COc1ccc(CCNC(=O)c2ccc(-c3ccc(C(N)=O)cc3)s2)cc1. The molecule has 3 N–H and O–H groups in total. The molecule has 0 saturated heterocycles. The fourth-order valence-electron chi connectivity index (χ4n) is 2.61. The molecule has 1 heterocycles. The van der Waals surface area contributed by atoms with Crippen LogP contribution >= 0.6 is 11.3 Å². The maximum absolute atomic E-state index is 12.3. The van der Waals surface area contributed by atoms with E-state index in [0.717, 1.165) is 28.2 Å². The van der Waals surface area contributed by atoms with E-state index in [2.05, 4.69) is 5.32 Å². The van der Waals surface area contributed by atoms with Gasteiger partial charge in [-0.3, -0.25) is 9.59 Å². The summed E-state index contributed by atoms with van der Waals surface area (Å²) in [6.07, 6.45) is 0.753. The molecule has 27 heavy (non-hydrogen) atoms. The highest BCUT2D eigenvalue weighted by molar-refractivity contribution is 7.17. The minimum Gasteiger partial charge on any atom is -0.497 e. The first-order valence-corrected chi connectivity index (χ1v) is 9.29. The molecule has 0 aliphatic carbocycles. The molecule has 0 atom stereocenters. The highest BCUT2D eigenvalue weighted by Gasteiger charge is 2.10. The molecule has 5 nitrogen and oxygen atoms in total. The summed E-state index contributed by atoms with van der Waals surface area (Å²) in [4.78, 5) is 25.1. The Bertz CT molecular complexity index is 931. The van der Waals surface area contributed by atoms with E-state index in [-0.39, 0.29) is 5.91 Å². The number of nitrogens with two attached hydrogens (primary N) is 1. The average Bonchev–Trinajstić information content (AvgIpc) is 3.19. The van der Waals surface area contributed by atoms with Crippen LogP contribution in [0.5, 0.6) is 5.75 Å². The van der Waals surface area contributed by atoms with Gasteiger partial charge in [0.1, 0.15) is 5.75 Å². The third-order valence-corrected chi connectivity index (χ3v) is 5.28. The lowest BCUT2D eigenvalue weighted by molar-refractivity contribution is 0.0956. The number of hydrogen-bond acceptors (Lipinski definition) is 4. The maximum atomic E-state index is 12.3. The van der Waals surface area contributed by atoms with E-state index in [1.165, 1.54) is 11.3 Å². The van der Waals surface area contributed by atoms with Crippen molar-refractivity contribution in [3.8, 4) is 16.2 Å². The second-order valence-electron chi connectivity index (χ2n) is 5.96. The molecule has 0 fully saturated rings. The van der Waals surface area contributed by atoms with Gasteiger partial charge in [0, 0.05) is 17.0 Å². The number of hydrogen-bond donors (Lipinski definition) is 2. The van der Waals surface area contributed by atoms with Crippen LogP contribution < -0.4 is 15.8 Å². The van der Waals surface area contributed by atoms with Gasteiger partial charge in [0.05, 0.1) is 12.0 Å². The van der Waals surface area contributed by atoms with E-state index in [1.807, 2.05) is 48.5 Å². The predicted molar refractivity (Wildman–Crippen MR) is 107 cm³/mol.